The second-order valence-electron chi connectivity index (χ2n) is 11.5. The zero-order valence-electron chi connectivity index (χ0n) is 22.9. The van der Waals surface area contributed by atoms with Crippen LogP contribution in [0.2, 0.25) is 0 Å². The van der Waals surface area contributed by atoms with Crippen LogP contribution >= 0.6 is 0 Å². The summed E-state index contributed by atoms with van der Waals surface area (Å²) >= 11 is 0. The molecule has 40 heavy (non-hydrogen) atoms. The summed E-state index contributed by atoms with van der Waals surface area (Å²) in [4.78, 5) is 40.5. The van der Waals surface area contributed by atoms with E-state index in [-0.39, 0.29) is 36.4 Å². The van der Waals surface area contributed by atoms with Crippen LogP contribution in [0.1, 0.15) is 75.1 Å². The Balaban J connectivity index is 1.63. The lowest BCUT2D eigenvalue weighted by Gasteiger charge is -2.35. The van der Waals surface area contributed by atoms with Crippen molar-refractivity contribution in [1.82, 2.24) is 0 Å². The summed E-state index contributed by atoms with van der Waals surface area (Å²) < 4.78 is 14.0. The number of fused-ring (bicyclic) bond motifs is 1. The molecule has 0 unspecified atom stereocenters. The number of para-hydroxylation sites is 2. The van der Waals surface area contributed by atoms with Gasteiger partial charge in [0.1, 0.15) is 5.82 Å². The summed E-state index contributed by atoms with van der Waals surface area (Å²) in [6, 6.07) is 20.6. The topological polar surface area (TPSA) is 86.7 Å². The number of halogens is 1. The fourth-order valence-electron chi connectivity index (χ4n) is 5.65. The summed E-state index contributed by atoms with van der Waals surface area (Å²) in [5.74, 6) is -2.09. The molecule has 0 saturated carbocycles. The number of aliphatic carboxylic acids is 1. The van der Waals surface area contributed by atoms with Crippen molar-refractivity contribution in [3.8, 4) is 0 Å². The summed E-state index contributed by atoms with van der Waals surface area (Å²) in [7, 11) is 0. The summed E-state index contributed by atoms with van der Waals surface area (Å²) in [5.41, 5.74) is 5.25. The van der Waals surface area contributed by atoms with Crippen LogP contribution in [-0.2, 0) is 19.8 Å². The van der Waals surface area contributed by atoms with Gasteiger partial charge < -0.3 is 10.4 Å². The second-order valence-corrected chi connectivity index (χ2v) is 11.5. The lowest BCUT2D eigenvalue weighted by atomic mass is 9.77. The Kier molecular flexibility index (Phi) is 7.32. The van der Waals surface area contributed by atoms with E-state index < -0.39 is 23.7 Å². The molecule has 0 spiro atoms. The molecular formula is C33H33FN2O4. The summed E-state index contributed by atoms with van der Waals surface area (Å²) in [6.07, 6.45) is 0.244. The van der Waals surface area contributed by atoms with Crippen molar-refractivity contribution in [2.24, 2.45) is 0 Å². The Morgan fingerprint density at radius 3 is 2.23 bits per heavy atom. The maximum absolute atomic E-state index is 14.0. The average molecular weight is 541 g/mol. The van der Waals surface area contributed by atoms with Gasteiger partial charge in [0.25, 0.3) is 0 Å². The molecule has 206 valence electrons. The first-order valence-electron chi connectivity index (χ1n) is 13.5. The number of hydrogen-bond donors (Lipinski definition) is 2. The lowest BCUT2D eigenvalue weighted by Crippen LogP contribution is -2.38. The van der Waals surface area contributed by atoms with E-state index in [9.17, 15) is 23.9 Å². The first kappa shape index (κ1) is 27.3. The number of nitrogens with zero attached hydrogens (tertiary/aromatic N) is 1. The monoisotopic (exact) mass is 540 g/mol. The number of anilines is 2. The van der Waals surface area contributed by atoms with Gasteiger partial charge in [-0.05, 0) is 58.7 Å². The van der Waals surface area contributed by atoms with Gasteiger partial charge in [0.05, 0.1) is 23.8 Å². The minimum absolute atomic E-state index is 0.0161. The molecule has 7 heteroatoms. The minimum Gasteiger partial charge on any atom is -0.481 e. The zero-order chi connectivity index (χ0) is 28.6. The first-order valence-corrected chi connectivity index (χ1v) is 13.5. The molecule has 6 nitrogen and oxygen atoms in total. The Hall–Kier alpha value is -4.26. The van der Waals surface area contributed by atoms with E-state index in [0.29, 0.717) is 28.9 Å². The average Bonchev–Trinajstić information content (AvgIpc) is 3.06. The highest BCUT2D eigenvalue weighted by atomic mass is 19.1. The van der Waals surface area contributed by atoms with Crippen molar-refractivity contribution in [3.63, 3.8) is 0 Å². The second kappa shape index (κ2) is 10.7. The molecule has 1 heterocycles. The molecule has 2 N–H and O–H groups in total. The van der Waals surface area contributed by atoms with E-state index in [2.05, 4.69) is 50.4 Å². The highest BCUT2D eigenvalue weighted by molar-refractivity contribution is 6.06. The van der Waals surface area contributed by atoms with Gasteiger partial charge in [-0.15, -0.1) is 0 Å². The normalized spacial score (nSPS) is 18.9. The van der Waals surface area contributed by atoms with Crippen molar-refractivity contribution in [2.75, 3.05) is 10.2 Å². The number of hydrogen-bond acceptors (Lipinski definition) is 4. The quantitative estimate of drug-likeness (QED) is 0.368. The molecule has 2 atom stereocenters. The number of ketones is 1. The SMILES string of the molecule is CC(C)(C)c1ccc([C@@H]2CC(=O)C3=C(C2)Nc2ccccc2N(C(=O)CCC(=O)O)[C@H]3c2ccc(F)cc2)cc1. The predicted molar refractivity (Wildman–Crippen MR) is 153 cm³/mol. The van der Waals surface area contributed by atoms with Gasteiger partial charge in [0.15, 0.2) is 5.78 Å². The molecule has 0 aromatic heterocycles. The lowest BCUT2D eigenvalue weighted by molar-refractivity contribution is -0.138. The third-order valence-electron chi connectivity index (χ3n) is 7.74. The van der Waals surface area contributed by atoms with Crippen LogP contribution in [0.3, 0.4) is 0 Å². The highest BCUT2D eigenvalue weighted by Crippen LogP contribution is 2.47. The van der Waals surface area contributed by atoms with Crippen LogP contribution in [0.5, 0.6) is 0 Å². The van der Waals surface area contributed by atoms with Crippen molar-refractivity contribution in [3.05, 3.63) is 107 Å². The first-order chi connectivity index (χ1) is 19.0. The number of carboxylic acids is 1. The number of amides is 1. The van der Waals surface area contributed by atoms with Crippen molar-refractivity contribution in [2.45, 2.75) is 63.8 Å². The maximum atomic E-state index is 14.0. The molecule has 5 rings (SSSR count). The van der Waals surface area contributed by atoms with Crippen molar-refractivity contribution >= 4 is 29.0 Å². The summed E-state index contributed by atoms with van der Waals surface area (Å²) in [6.45, 7) is 6.49. The van der Waals surface area contributed by atoms with Crippen LogP contribution in [0.15, 0.2) is 84.1 Å². The number of rotatable bonds is 5. The van der Waals surface area contributed by atoms with Gasteiger partial charge in [0.2, 0.25) is 5.91 Å². The Labute approximate surface area is 233 Å². The van der Waals surface area contributed by atoms with Crippen molar-refractivity contribution < 1.29 is 23.9 Å². The molecule has 0 bridgehead atoms. The molecule has 0 fully saturated rings. The molecule has 0 saturated heterocycles. The molecular weight excluding hydrogens is 507 g/mol. The van der Waals surface area contributed by atoms with Crippen LogP contribution in [-0.4, -0.2) is 22.8 Å². The minimum atomic E-state index is -1.08. The van der Waals surface area contributed by atoms with E-state index >= 15 is 0 Å². The Bertz CT molecular complexity index is 1490. The summed E-state index contributed by atoms with van der Waals surface area (Å²) in [5, 5.41) is 12.7. The predicted octanol–water partition coefficient (Wildman–Crippen LogP) is 6.89. The van der Waals surface area contributed by atoms with Gasteiger partial charge in [-0.3, -0.25) is 19.3 Å². The zero-order valence-corrected chi connectivity index (χ0v) is 22.9. The fourth-order valence-corrected chi connectivity index (χ4v) is 5.65. The smallest absolute Gasteiger partial charge is 0.303 e. The molecule has 1 amide bonds. The molecule has 0 radical (unpaired) electrons. The molecule has 3 aromatic carbocycles. The fraction of sp³-hybridized carbons (Fsp3) is 0.303. The van der Waals surface area contributed by atoms with Gasteiger partial charge >= 0.3 is 5.97 Å². The van der Waals surface area contributed by atoms with E-state index in [1.54, 1.807) is 24.3 Å². The number of benzene rings is 3. The van der Waals surface area contributed by atoms with E-state index in [1.165, 1.54) is 22.6 Å². The number of Topliss-reactive ketones (excluding diaryl/α,β-unsaturated/α-hetero) is 1. The van der Waals surface area contributed by atoms with Crippen LogP contribution in [0, 0.1) is 5.82 Å². The third kappa shape index (κ3) is 5.41. The van der Waals surface area contributed by atoms with Gasteiger partial charge in [-0.25, -0.2) is 4.39 Å². The number of carboxylic acid groups (broad SMARTS) is 1. The van der Waals surface area contributed by atoms with Gasteiger partial charge in [-0.2, -0.15) is 0 Å². The van der Waals surface area contributed by atoms with Gasteiger partial charge in [0, 0.05) is 24.1 Å². The largest absolute Gasteiger partial charge is 0.481 e. The van der Waals surface area contributed by atoms with Crippen LogP contribution in [0.25, 0.3) is 0 Å². The molecule has 1 aliphatic heterocycles. The number of allylic oxidation sites excluding steroid dienone is 1. The van der Waals surface area contributed by atoms with E-state index in [0.717, 1.165) is 11.3 Å². The maximum Gasteiger partial charge on any atom is 0.303 e. The Morgan fingerprint density at radius 2 is 1.57 bits per heavy atom. The van der Waals surface area contributed by atoms with E-state index in [4.69, 9.17) is 0 Å². The van der Waals surface area contributed by atoms with Gasteiger partial charge in [-0.1, -0.05) is 69.3 Å². The van der Waals surface area contributed by atoms with E-state index in [1.807, 2.05) is 12.1 Å². The standard InChI is InChI=1S/C33H33FN2O4/c1-33(2,3)23-12-8-20(9-13-23)22-18-26-31(28(37)19-22)32(21-10-14-24(34)15-11-21)36(29(38)16-17-30(39)40)27-7-5-4-6-25(27)35-26/h4-15,22,32,35H,16-19H2,1-3H3,(H,39,40)/t22-,32-/m0/s1. The van der Waals surface area contributed by atoms with Crippen LogP contribution < -0.4 is 10.2 Å². The molecule has 3 aromatic rings. The van der Waals surface area contributed by atoms with Crippen LogP contribution in [0.4, 0.5) is 15.8 Å². The third-order valence-corrected chi connectivity index (χ3v) is 7.74. The number of nitrogens with one attached hydrogen (secondary N) is 1. The molecule has 2 aliphatic rings. The Morgan fingerprint density at radius 1 is 0.925 bits per heavy atom. The molecule has 1 aliphatic carbocycles. The number of carbonyl (C=O) groups excluding carboxylic acids is 2. The number of carbonyl (C=O) groups is 3. The highest BCUT2D eigenvalue weighted by Gasteiger charge is 2.41. The van der Waals surface area contributed by atoms with Crippen molar-refractivity contribution in [1.29, 1.82) is 0 Å².